The molecule has 2 aromatic heterocycles. The van der Waals surface area contributed by atoms with Gasteiger partial charge in [0.15, 0.2) is 10.9 Å². The molecule has 2 heterocycles. The second kappa shape index (κ2) is 8.52. The van der Waals surface area contributed by atoms with E-state index in [4.69, 9.17) is 0 Å². The van der Waals surface area contributed by atoms with Crippen LogP contribution in [0.4, 0.5) is 8.78 Å². The zero-order valence-electron chi connectivity index (χ0n) is 15.6. The summed E-state index contributed by atoms with van der Waals surface area (Å²) in [5.74, 6) is 0.0693. The van der Waals surface area contributed by atoms with Crippen molar-refractivity contribution in [3.63, 3.8) is 0 Å². The smallest absolute Gasteiger partial charge is 0.387 e. The highest BCUT2D eigenvalue weighted by atomic mass is 32.2. The number of ketones is 1. The van der Waals surface area contributed by atoms with Crippen LogP contribution in [-0.4, -0.2) is 32.2 Å². The van der Waals surface area contributed by atoms with Crippen LogP contribution in [0.5, 0.6) is 5.75 Å². The molecule has 3 rings (SSSR count). The molecule has 28 heavy (non-hydrogen) atoms. The van der Waals surface area contributed by atoms with Gasteiger partial charge in [0.25, 0.3) is 0 Å². The standard InChI is InChI=1S/C20H19F2N3O2S/c1-12-11-17(18(26)14(3)28-20-23-9-4-10-24-20)13(2)25(12)15-5-7-16(8-6-15)27-19(21)22/h4-11,14,19H,1-3H3/t14-/m1/s1. The maximum Gasteiger partial charge on any atom is 0.387 e. The largest absolute Gasteiger partial charge is 0.435 e. The minimum Gasteiger partial charge on any atom is -0.435 e. The third kappa shape index (κ3) is 4.39. The van der Waals surface area contributed by atoms with Gasteiger partial charge in [-0.05, 0) is 57.2 Å². The fraction of sp³-hybridized carbons (Fsp3) is 0.250. The van der Waals surface area contributed by atoms with Crippen LogP contribution < -0.4 is 4.74 Å². The van der Waals surface area contributed by atoms with Crippen LogP contribution in [-0.2, 0) is 0 Å². The fourth-order valence-electron chi connectivity index (χ4n) is 2.96. The molecular weight excluding hydrogens is 384 g/mol. The summed E-state index contributed by atoms with van der Waals surface area (Å²) in [6, 6.07) is 9.88. The summed E-state index contributed by atoms with van der Waals surface area (Å²) in [7, 11) is 0. The van der Waals surface area contributed by atoms with E-state index >= 15 is 0 Å². The lowest BCUT2D eigenvalue weighted by atomic mass is 10.1. The minimum absolute atomic E-state index is 0.0190. The van der Waals surface area contributed by atoms with Gasteiger partial charge in [0.2, 0.25) is 0 Å². The van der Waals surface area contributed by atoms with E-state index in [0.29, 0.717) is 10.7 Å². The van der Waals surface area contributed by atoms with E-state index in [1.807, 2.05) is 31.4 Å². The molecule has 0 amide bonds. The van der Waals surface area contributed by atoms with E-state index in [1.165, 1.54) is 23.9 Å². The number of nitrogens with zero attached hydrogens (tertiary/aromatic N) is 3. The van der Waals surface area contributed by atoms with E-state index in [-0.39, 0.29) is 16.8 Å². The lowest BCUT2D eigenvalue weighted by Crippen LogP contribution is -2.15. The molecule has 0 aliphatic carbocycles. The molecule has 0 saturated carbocycles. The summed E-state index contributed by atoms with van der Waals surface area (Å²) in [4.78, 5) is 21.2. The third-order valence-corrected chi connectivity index (χ3v) is 5.20. The van der Waals surface area contributed by atoms with Crippen molar-refractivity contribution >= 4 is 17.5 Å². The first-order chi connectivity index (χ1) is 13.4. The Labute approximate surface area is 165 Å². The van der Waals surface area contributed by atoms with Crippen LogP contribution in [0.3, 0.4) is 0 Å². The number of aryl methyl sites for hydroxylation is 1. The molecular formula is C20H19F2N3O2S. The Morgan fingerprint density at radius 2 is 1.79 bits per heavy atom. The molecule has 0 N–H and O–H groups in total. The van der Waals surface area contributed by atoms with E-state index < -0.39 is 6.61 Å². The molecule has 3 aromatic rings. The fourth-order valence-corrected chi connectivity index (χ4v) is 3.76. The van der Waals surface area contributed by atoms with Gasteiger partial charge in [-0.3, -0.25) is 4.79 Å². The summed E-state index contributed by atoms with van der Waals surface area (Å²) in [5.41, 5.74) is 3.03. The van der Waals surface area contributed by atoms with Crippen molar-refractivity contribution in [3.05, 3.63) is 65.7 Å². The number of hydrogen-bond acceptors (Lipinski definition) is 5. The second-order valence-corrected chi connectivity index (χ2v) is 7.46. The van der Waals surface area contributed by atoms with Crippen molar-refractivity contribution in [2.75, 3.05) is 0 Å². The Morgan fingerprint density at radius 1 is 1.14 bits per heavy atom. The molecule has 1 atom stereocenters. The normalized spacial score (nSPS) is 12.2. The SMILES string of the molecule is Cc1cc(C(=O)[C@@H](C)Sc2ncccn2)c(C)n1-c1ccc(OC(F)F)cc1. The number of hydrogen-bond donors (Lipinski definition) is 0. The van der Waals surface area contributed by atoms with Crippen LogP contribution in [0, 0.1) is 13.8 Å². The summed E-state index contributed by atoms with van der Waals surface area (Å²) in [6.45, 7) is 2.72. The average Bonchev–Trinajstić information content (AvgIpc) is 2.96. The highest BCUT2D eigenvalue weighted by molar-refractivity contribution is 8.00. The number of ether oxygens (including phenoxy) is 1. The average molecular weight is 403 g/mol. The molecule has 0 unspecified atom stereocenters. The van der Waals surface area contributed by atoms with Gasteiger partial charge in [-0.1, -0.05) is 11.8 Å². The van der Waals surface area contributed by atoms with Gasteiger partial charge < -0.3 is 9.30 Å². The Kier molecular flexibility index (Phi) is 6.08. The number of carbonyl (C=O) groups is 1. The number of benzene rings is 1. The first kappa shape index (κ1) is 20.0. The molecule has 5 nitrogen and oxygen atoms in total. The zero-order chi connectivity index (χ0) is 20.3. The van der Waals surface area contributed by atoms with Crippen molar-refractivity contribution in [3.8, 4) is 11.4 Å². The van der Waals surface area contributed by atoms with Gasteiger partial charge in [-0.25, -0.2) is 9.97 Å². The molecule has 0 spiro atoms. The monoisotopic (exact) mass is 403 g/mol. The molecule has 0 saturated heterocycles. The second-order valence-electron chi connectivity index (χ2n) is 6.15. The van der Waals surface area contributed by atoms with E-state index in [9.17, 15) is 13.6 Å². The van der Waals surface area contributed by atoms with Gasteiger partial charge in [-0.15, -0.1) is 0 Å². The van der Waals surface area contributed by atoms with Crippen LogP contribution >= 0.6 is 11.8 Å². The molecule has 8 heteroatoms. The predicted molar refractivity (Wildman–Crippen MR) is 104 cm³/mol. The van der Waals surface area contributed by atoms with Crippen LogP contribution in [0.2, 0.25) is 0 Å². The Bertz CT molecular complexity index is 960. The van der Waals surface area contributed by atoms with E-state index in [0.717, 1.165) is 17.1 Å². The number of carbonyl (C=O) groups excluding carboxylic acids is 1. The first-order valence-corrected chi connectivity index (χ1v) is 9.47. The van der Waals surface area contributed by atoms with Crippen molar-refractivity contribution in [2.24, 2.45) is 0 Å². The van der Waals surface area contributed by atoms with Crippen molar-refractivity contribution in [1.82, 2.24) is 14.5 Å². The van der Waals surface area contributed by atoms with Crippen LogP contribution in [0.15, 0.2) is 53.9 Å². The summed E-state index contributed by atoms with van der Waals surface area (Å²) >= 11 is 1.31. The highest BCUT2D eigenvalue weighted by Gasteiger charge is 2.23. The van der Waals surface area contributed by atoms with E-state index in [2.05, 4.69) is 14.7 Å². The molecule has 0 aliphatic heterocycles. The Balaban J connectivity index is 1.84. The quantitative estimate of drug-likeness (QED) is 0.321. The summed E-state index contributed by atoms with van der Waals surface area (Å²) in [5, 5.41) is 0.199. The van der Waals surface area contributed by atoms with Gasteiger partial charge in [0.1, 0.15) is 5.75 Å². The van der Waals surface area contributed by atoms with Crippen molar-refractivity contribution < 1.29 is 18.3 Å². The molecule has 0 aliphatic rings. The lowest BCUT2D eigenvalue weighted by Gasteiger charge is -2.12. The molecule has 0 fully saturated rings. The molecule has 1 aromatic carbocycles. The van der Waals surface area contributed by atoms with Crippen LogP contribution in [0.1, 0.15) is 28.7 Å². The van der Waals surface area contributed by atoms with Gasteiger partial charge in [0.05, 0.1) is 5.25 Å². The predicted octanol–water partition coefficient (Wildman–Crippen LogP) is 4.85. The van der Waals surface area contributed by atoms with Gasteiger partial charge >= 0.3 is 6.61 Å². The maximum absolute atomic E-state index is 12.9. The van der Waals surface area contributed by atoms with Crippen molar-refractivity contribution in [1.29, 1.82) is 0 Å². The van der Waals surface area contributed by atoms with E-state index in [1.54, 1.807) is 30.6 Å². The Morgan fingerprint density at radius 3 is 2.39 bits per heavy atom. The summed E-state index contributed by atoms with van der Waals surface area (Å²) in [6.07, 6.45) is 3.28. The topological polar surface area (TPSA) is 57.0 Å². The van der Waals surface area contributed by atoms with Gasteiger partial charge in [-0.2, -0.15) is 8.78 Å². The number of thioether (sulfide) groups is 1. The zero-order valence-corrected chi connectivity index (χ0v) is 16.4. The summed E-state index contributed by atoms with van der Waals surface area (Å²) < 4.78 is 30.9. The Hall–Kier alpha value is -2.74. The number of alkyl halides is 2. The molecule has 146 valence electrons. The van der Waals surface area contributed by atoms with Gasteiger partial charge in [0, 0.05) is 35.0 Å². The maximum atomic E-state index is 12.9. The van der Waals surface area contributed by atoms with Crippen LogP contribution in [0.25, 0.3) is 5.69 Å². The molecule has 0 radical (unpaired) electrons. The lowest BCUT2D eigenvalue weighted by molar-refractivity contribution is -0.0498. The first-order valence-electron chi connectivity index (χ1n) is 8.59. The number of aromatic nitrogens is 3. The number of halogens is 2. The minimum atomic E-state index is -2.86. The van der Waals surface area contributed by atoms with Crippen molar-refractivity contribution in [2.45, 2.75) is 37.8 Å². The number of rotatable bonds is 7. The number of Topliss-reactive ketones (excluding diaryl/α,β-unsaturated/α-hetero) is 1. The molecule has 0 bridgehead atoms. The third-order valence-electron chi connectivity index (χ3n) is 4.21. The highest BCUT2D eigenvalue weighted by Crippen LogP contribution is 2.27.